The maximum atomic E-state index is 10.4. The van der Waals surface area contributed by atoms with Crippen LogP contribution < -0.4 is 29.6 Å². The molecule has 0 rings (SSSR count). The van der Waals surface area contributed by atoms with Crippen molar-refractivity contribution in [2.75, 3.05) is 5.75 Å². The topological polar surface area (TPSA) is 77.4 Å². The fourth-order valence-corrected chi connectivity index (χ4v) is 3.05. The predicted octanol–water partition coefficient (Wildman–Crippen LogP) is 0.988. The van der Waals surface area contributed by atoms with E-state index in [9.17, 15) is 18.1 Å². The second kappa shape index (κ2) is 16.7. The van der Waals surface area contributed by atoms with Gasteiger partial charge in [-0.05, 0) is 19.3 Å². The predicted molar refractivity (Wildman–Crippen MR) is 86.3 cm³/mol. The van der Waals surface area contributed by atoms with Crippen molar-refractivity contribution in [3.05, 3.63) is 0 Å². The second-order valence-electron chi connectivity index (χ2n) is 6.03. The van der Waals surface area contributed by atoms with Crippen LogP contribution in [-0.2, 0) is 10.1 Å². The molecule has 0 bridgehead atoms. The van der Waals surface area contributed by atoms with Gasteiger partial charge in [0.25, 0.3) is 0 Å². The van der Waals surface area contributed by atoms with Crippen LogP contribution in [0.15, 0.2) is 0 Å². The smallest absolute Gasteiger partial charge is 0.748 e. The molecule has 6 heteroatoms. The largest absolute Gasteiger partial charge is 1.00 e. The van der Waals surface area contributed by atoms with Crippen LogP contribution in [0.25, 0.3) is 0 Å². The third-order valence-electron chi connectivity index (χ3n) is 3.82. The molecule has 4 nitrogen and oxygen atoms in total. The molecule has 0 saturated heterocycles. The Morgan fingerprint density at radius 3 is 1.68 bits per heavy atom. The van der Waals surface area contributed by atoms with Crippen LogP contribution in [-0.4, -0.2) is 29.9 Å². The molecule has 0 saturated carbocycles. The Labute approximate surface area is 159 Å². The molecule has 0 aliphatic carbocycles. The third-order valence-corrected chi connectivity index (χ3v) is 4.61. The molecule has 0 radical (unpaired) electrons. The van der Waals surface area contributed by atoms with Gasteiger partial charge < -0.3 is 9.66 Å². The summed E-state index contributed by atoms with van der Waals surface area (Å²) in [7, 11) is -4.05. The summed E-state index contributed by atoms with van der Waals surface area (Å²) >= 11 is 0. The second-order valence-corrected chi connectivity index (χ2v) is 7.55. The Hall–Kier alpha value is 0.870. The molecular weight excluding hydrogens is 311 g/mol. The van der Waals surface area contributed by atoms with E-state index in [1.807, 2.05) is 0 Å². The van der Waals surface area contributed by atoms with E-state index >= 15 is 0 Å². The molecule has 1 atom stereocenters. The summed E-state index contributed by atoms with van der Waals surface area (Å²) in [4.78, 5) is 0. The standard InChI is InChI=1S/C16H34O4S.Na/c1-2-3-4-5-6-7-10-13-16(17)14-11-8-9-12-15-21(18,19)20;/h16-17H,2-15H2,1H3,(H,18,19,20);/q;+1/p-1. The van der Waals surface area contributed by atoms with E-state index < -0.39 is 10.1 Å². The first kappa shape index (κ1) is 25.1. The first-order chi connectivity index (χ1) is 9.95. The van der Waals surface area contributed by atoms with Gasteiger partial charge in [-0.25, -0.2) is 8.42 Å². The van der Waals surface area contributed by atoms with E-state index in [0.717, 1.165) is 38.5 Å². The van der Waals surface area contributed by atoms with Crippen molar-refractivity contribution >= 4 is 10.1 Å². The zero-order valence-electron chi connectivity index (χ0n) is 14.6. The van der Waals surface area contributed by atoms with E-state index in [1.165, 1.54) is 38.5 Å². The van der Waals surface area contributed by atoms with Crippen molar-refractivity contribution in [2.45, 2.75) is 96.5 Å². The number of hydrogen-bond acceptors (Lipinski definition) is 4. The van der Waals surface area contributed by atoms with Crippen molar-refractivity contribution in [3.63, 3.8) is 0 Å². The minimum absolute atomic E-state index is 0. The number of hydrogen-bond donors (Lipinski definition) is 1. The average molecular weight is 344 g/mol. The number of unbranched alkanes of at least 4 members (excludes halogenated alkanes) is 9. The van der Waals surface area contributed by atoms with Crippen molar-refractivity contribution in [1.82, 2.24) is 0 Å². The maximum absolute atomic E-state index is 10.4. The Bertz CT molecular complexity index is 320. The van der Waals surface area contributed by atoms with Gasteiger partial charge in [-0.2, -0.15) is 0 Å². The fourth-order valence-electron chi connectivity index (χ4n) is 2.49. The molecule has 0 aliphatic heterocycles. The number of aliphatic hydroxyl groups excluding tert-OH is 1. The van der Waals surface area contributed by atoms with Gasteiger partial charge in [0.1, 0.15) is 0 Å². The molecule has 1 N–H and O–H groups in total. The molecule has 22 heavy (non-hydrogen) atoms. The van der Waals surface area contributed by atoms with E-state index in [4.69, 9.17) is 0 Å². The van der Waals surface area contributed by atoms with Crippen molar-refractivity contribution < 1.29 is 47.6 Å². The fraction of sp³-hybridized carbons (Fsp3) is 1.00. The van der Waals surface area contributed by atoms with Crippen LogP contribution >= 0.6 is 0 Å². The molecule has 0 amide bonds. The molecular formula is C16H33NaO4S. The van der Waals surface area contributed by atoms with Gasteiger partial charge in [0.05, 0.1) is 16.2 Å². The Kier molecular flexibility index (Phi) is 19.1. The van der Waals surface area contributed by atoms with Crippen LogP contribution in [0.1, 0.15) is 90.4 Å². The molecule has 128 valence electrons. The van der Waals surface area contributed by atoms with Crippen LogP contribution in [0.2, 0.25) is 0 Å². The Morgan fingerprint density at radius 2 is 1.23 bits per heavy atom. The Morgan fingerprint density at radius 1 is 0.818 bits per heavy atom. The van der Waals surface area contributed by atoms with Gasteiger partial charge in [-0.3, -0.25) is 0 Å². The monoisotopic (exact) mass is 344 g/mol. The molecule has 0 fully saturated rings. The molecule has 0 aliphatic rings. The molecule has 0 aromatic rings. The molecule has 0 heterocycles. The summed E-state index contributed by atoms with van der Waals surface area (Å²) in [6, 6.07) is 0. The first-order valence-electron chi connectivity index (χ1n) is 8.57. The van der Waals surface area contributed by atoms with Crippen LogP contribution in [0.3, 0.4) is 0 Å². The van der Waals surface area contributed by atoms with Crippen LogP contribution in [0.5, 0.6) is 0 Å². The van der Waals surface area contributed by atoms with Crippen LogP contribution in [0.4, 0.5) is 0 Å². The summed E-state index contributed by atoms with van der Waals surface area (Å²) in [5.74, 6) is -0.256. The zero-order chi connectivity index (χ0) is 16.0. The number of aliphatic hydroxyl groups is 1. The van der Waals surface area contributed by atoms with Gasteiger partial charge in [-0.1, -0.05) is 71.1 Å². The summed E-state index contributed by atoms with van der Waals surface area (Å²) in [6.45, 7) is 2.22. The average Bonchev–Trinajstić information content (AvgIpc) is 2.40. The van der Waals surface area contributed by atoms with E-state index in [-0.39, 0.29) is 41.4 Å². The quantitative estimate of drug-likeness (QED) is 0.273. The van der Waals surface area contributed by atoms with Crippen molar-refractivity contribution in [2.24, 2.45) is 0 Å². The SMILES string of the molecule is CCCCCCCCCC(O)CCCCCCS(=O)(=O)[O-].[Na+]. The summed E-state index contributed by atoms with van der Waals surface area (Å²) in [5, 5.41) is 9.83. The summed E-state index contributed by atoms with van der Waals surface area (Å²) < 4.78 is 31.2. The normalized spacial score (nSPS) is 12.9. The van der Waals surface area contributed by atoms with Gasteiger partial charge in [0.15, 0.2) is 0 Å². The first-order valence-corrected chi connectivity index (χ1v) is 10.1. The molecule has 1 unspecified atom stereocenters. The van der Waals surface area contributed by atoms with Gasteiger partial charge in [0, 0.05) is 5.75 Å². The summed E-state index contributed by atoms with van der Waals surface area (Å²) in [6.07, 6.45) is 13.3. The van der Waals surface area contributed by atoms with Gasteiger partial charge >= 0.3 is 29.6 Å². The van der Waals surface area contributed by atoms with Crippen LogP contribution in [0, 0.1) is 0 Å². The maximum Gasteiger partial charge on any atom is 1.00 e. The molecule has 0 aromatic heterocycles. The van der Waals surface area contributed by atoms with Crippen molar-refractivity contribution in [3.8, 4) is 0 Å². The third kappa shape index (κ3) is 20.9. The summed E-state index contributed by atoms with van der Waals surface area (Å²) in [5.41, 5.74) is 0. The van der Waals surface area contributed by atoms with Gasteiger partial charge in [0.2, 0.25) is 0 Å². The van der Waals surface area contributed by atoms with E-state index in [2.05, 4.69) is 6.92 Å². The van der Waals surface area contributed by atoms with Crippen molar-refractivity contribution in [1.29, 1.82) is 0 Å². The minimum atomic E-state index is -4.05. The van der Waals surface area contributed by atoms with E-state index in [0.29, 0.717) is 6.42 Å². The number of rotatable bonds is 15. The molecule has 0 spiro atoms. The minimum Gasteiger partial charge on any atom is -0.748 e. The van der Waals surface area contributed by atoms with Gasteiger partial charge in [-0.15, -0.1) is 0 Å². The Balaban J connectivity index is 0. The van der Waals surface area contributed by atoms with E-state index in [1.54, 1.807) is 0 Å². The molecule has 0 aromatic carbocycles. The zero-order valence-corrected chi connectivity index (χ0v) is 17.4.